The van der Waals surface area contributed by atoms with E-state index in [0.29, 0.717) is 26.3 Å². The number of carbonyl (C=O) groups is 1. The maximum atomic E-state index is 14.6. The summed E-state index contributed by atoms with van der Waals surface area (Å²) < 4.78 is 46.4. The Bertz CT molecular complexity index is 1300. The Morgan fingerprint density at radius 2 is 1.86 bits per heavy atom. The standard InChI is InChI=1S/C25H28F2N4O5/c1-15(2)14-36-25(33)29-22-21-19(7-8-20(28-21)34-3)31(13-16-17(26)5-4-6-18(16)27)24(32)23(22)30-9-11-35-12-10-30/h4-8,15H,9-14H2,1-3H3,(H,29,33). The van der Waals surface area contributed by atoms with Crippen LogP contribution >= 0.6 is 0 Å². The summed E-state index contributed by atoms with van der Waals surface area (Å²) in [5, 5.41) is 2.69. The van der Waals surface area contributed by atoms with Crippen LogP contribution in [-0.4, -0.2) is 55.7 Å². The highest BCUT2D eigenvalue weighted by molar-refractivity contribution is 6.02. The summed E-state index contributed by atoms with van der Waals surface area (Å²) in [7, 11) is 1.44. The molecule has 0 unspecified atom stereocenters. The fraction of sp³-hybridized carbons (Fsp3) is 0.400. The largest absolute Gasteiger partial charge is 0.481 e. The Morgan fingerprint density at radius 3 is 2.50 bits per heavy atom. The van der Waals surface area contributed by atoms with Crippen LogP contribution < -0.4 is 20.5 Å². The molecular weight excluding hydrogens is 474 g/mol. The topological polar surface area (TPSA) is 94.9 Å². The van der Waals surface area contributed by atoms with Gasteiger partial charge in [-0.3, -0.25) is 10.1 Å². The summed E-state index contributed by atoms with van der Waals surface area (Å²) in [6.07, 6.45) is -0.749. The van der Waals surface area contributed by atoms with Crippen LogP contribution in [0.15, 0.2) is 35.1 Å². The summed E-state index contributed by atoms with van der Waals surface area (Å²) in [6, 6.07) is 6.63. The van der Waals surface area contributed by atoms with Gasteiger partial charge in [0.05, 0.1) is 39.0 Å². The number of amides is 1. The van der Waals surface area contributed by atoms with Crippen molar-refractivity contribution in [1.29, 1.82) is 0 Å². The van der Waals surface area contributed by atoms with Gasteiger partial charge in [0.15, 0.2) is 0 Å². The molecule has 192 valence electrons. The molecule has 1 aliphatic heterocycles. The van der Waals surface area contributed by atoms with Crippen LogP contribution in [0.5, 0.6) is 5.88 Å². The Labute approximate surface area is 206 Å². The van der Waals surface area contributed by atoms with E-state index in [9.17, 15) is 18.4 Å². The van der Waals surface area contributed by atoms with E-state index >= 15 is 0 Å². The van der Waals surface area contributed by atoms with Crippen LogP contribution in [0, 0.1) is 17.6 Å². The highest BCUT2D eigenvalue weighted by Gasteiger charge is 2.27. The number of ether oxygens (including phenoxy) is 3. The molecule has 1 aliphatic rings. The van der Waals surface area contributed by atoms with Gasteiger partial charge in [0.2, 0.25) is 5.88 Å². The van der Waals surface area contributed by atoms with E-state index in [2.05, 4.69) is 10.3 Å². The fourth-order valence-corrected chi connectivity index (χ4v) is 3.98. The minimum Gasteiger partial charge on any atom is -0.481 e. The first-order valence-corrected chi connectivity index (χ1v) is 11.6. The zero-order chi connectivity index (χ0) is 25.8. The molecule has 11 heteroatoms. The van der Waals surface area contributed by atoms with Crippen LogP contribution in [0.3, 0.4) is 0 Å². The van der Waals surface area contributed by atoms with Gasteiger partial charge in [-0.1, -0.05) is 19.9 Å². The van der Waals surface area contributed by atoms with Crippen molar-refractivity contribution >= 4 is 28.5 Å². The van der Waals surface area contributed by atoms with E-state index in [1.54, 1.807) is 11.0 Å². The van der Waals surface area contributed by atoms with Crippen molar-refractivity contribution in [3.8, 4) is 5.88 Å². The minimum absolute atomic E-state index is 0.105. The number of hydrogen-bond donors (Lipinski definition) is 1. The number of pyridine rings is 2. The van der Waals surface area contributed by atoms with Gasteiger partial charge in [-0.05, 0) is 24.1 Å². The first-order chi connectivity index (χ1) is 17.3. The molecule has 1 fully saturated rings. The predicted molar refractivity (Wildman–Crippen MR) is 131 cm³/mol. The molecule has 9 nitrogen and oxygen atoms in total. The number of aromatic nitrogens is 2. The third kappa shape index (κ3) is 5.25. The minimum atomic E-state index is -0.774. The van der Waals surface area contributed by atoms with Crippen LogP contribution in [0.4, 0.5) is 25.0 Å². The van der Waals surface area contributed by atoms with Crippen LogP contribution in [0.1, 0.15) is 19.4 Å². The molecule has 1 N–H and O–H groups in total. The molecule has 3 aromatic rings. The number of hydrogen-bond acceptors (Lipinski definition) is 7. The van der Waals surface area contributed by atoms with E-state index < -0.39 is 23.3 Å². The molecule has 1 amide bonds. The molecule has 3 heterocycles. The van der Waals surface area contributed by atoms with E-state index in [-0.39, 0.29) is 52.9 Å². The average Bonchev–Trinajstić information content (AvgIpc) is 2.87. The summed E-state index contributed by atoms with van der Waals surface area (Å²) >= 11 is 0. The number of rotatable bonds is 7. The Kier molecular flexibility index (Phi) is 7.68. The highest BCUT2D eigenvalue weighted by Crippen LogP contribution is 2.32. The smallest absolute Gasteiger partial charge is 0.411 e. The van der Waals surface area contributed by atoms with Crippen molar-refractivity contribution in [2.24, 2.45) is 5.92 Å². The Balaban J connectivity index is 1.95. The van der Waals surface area contributed by atoms with E-state index in [0.717, 1.165) is 12.1 Å². The van der Waals surface area contributed by atoms with Gasteiger partial charge in [-0.25, -0.2) is 18.6 Å². The van der Waals surface area contributed by atoms with Gasteiger partial charge in [-0.15, -0.1) is 0 Å². The van der Waals surface area contributed by atoms with Gasteiger partial charge in [-0.2, -0.15) is 0 Å². The lowest BCUT2D eigenvalue weighted by Crippen LogP contribution is -2.41. The van der Waals surface area contributed by atoms with Crippen LogP contribution in [0.25, 0.3) is 11.0 Å². The molecule has 0 spiro atoms. The third-order valence-electron chi connectivity index (χ3n) is 5.75. The zero-order valence-electron chi connectivity index (χ0n) is 20.3. The lowest BCUT2D eigenvalue weighted by atomic mass is 10.1. The number of morpholine rings is 1. The second-order valence-corrected chi connectivity index (χ2v) is 8.75. The van der Waals surface area contributed by atoms with Crippen molar-refractivity contribution in [1.82, 2.24) is 9.55 Å². The number of nitrogens with one attached hydrogen (secondary N) is 1. The summed E-state index contributed by atoms with van der Waals surface area (Å²) in [4.78, 5) is 32.9. The number of halogens is 2. The number of fused-ring (bicyclic) bond motifs is 1. The van der Waals surface area contributed by atoms with Crippen molar-refractivity contribution in [2.45, 2.75) is 20.4 Å². The van der Waals surface area contributed by atoms with Crippen molar-refractivity contribution in [3.63, 3.8) is 0 Å². The lowest BCUT2D eigenvalue weighted by Gasteiger charge is -2.31. The first kappa shape index (κ1) is 25.4. The van der Waals surface area contributed by atoms with Gasteiger partial charge >= 0.3 is 6.09 Å². The Morgan fingerprint density at radius 1 is 1.17 bits per heavy atom. The third-order valence-corrected chi connectivity index (χ3v) is 5.75. The predicted octanol–water partition coefficient (Wildman–Crippen LogP) is 3.77. The maximum absolute atomic E-state index is 14.6. The zero-order valence-corrected chi connectivity index (χ0v) is 20.3. The van der Waals surface area contributed by atoms with E-state index in [4.69, 9.17) is 14.2 Å². The molecule has 36 heavy (non-hydrogen) atoms. The van der Waals surface area contributed by atoms with Crippen LogP contribution in [0.2, 0.25) is 0 Å². The summed E-state index contributed by atoms with van der Waals surface area (Å²) in [5.74, 6) is -1.21. The number of carbonyl (C=O) groups excluding carboxylic acids is 1. The number of nitrogens with zero attached hydrogens (tertiary/aromatic N) is 3. The summed E-state index contributed by atoms with van der Waals surface area (Å²) in [6.45, 7) is 5.07. The molecule has 2 aromatic heterocycles. The van der Waals surface area contributed by atoms with Crippen LogP contribution in [-0.2, 0) is 16.0 Å². The number of benzene rings is 1. The normalized spacial score (nSPS) is 13.8. The van der Waals surface area contributed by atoms with Crippen molar-refractivity contribution in [3.05, 3.63) is 57.9 Å². The second kappa shape index (κ2) is 10.9. The molecule has 0 bridgehead atoms. The fourth-order valence-electron chi connectivity index (χ4n) is 3.98. The van der Waals surface area contributed by atoms with E-state index in [1.165, 1.54) is 23.8 Å². The maximum Gasteiger partial charge on any atom is 0.411 e. The highest BCUT2D eigenvalue weighted by atomic mass is 19.1. The molecule has 0 aliphatic carbocycles. The number of anilines is 2. The first-order valence-electron chi connectivity index (χ1n) is 11.6. The molecule has 1 saturated heterocycles. The lowest BCUT2D eigenvalue weighted by molar-refractivity contribution is 0.122. The molecular formula is C25H28F2N4O5. The SMILES string of the molecule is COc1ccc2c(n1)c(NC(=O)OCC(C)C)c(N1CCOCC1)c(=O)n2Cc1c(F)cccc1F. The Hall–Kier alpha value is -3.73. The molecule has 0 atom stereocenters. The average molecular weight is 503 g/mol. The second-order valence-electron chi connectivity index (χ2n) is 8.75. The quantitative estimate of drug-likeness (QED) is 0.526. The van der Waals surface area contributed by atoms with Gasteiger partial charge in [0, 0.05) is 24.7 Å². The van der Waals surface area contributed by atoms with Gasteiger partial charge in [0.1, 0.15) is 28.5 Å². The summed E-state index contributed by atoms with van der Waals surface area (Å²) in [5.41, 5.74) is -0.0622. The van der Waals surface area contributed by atoms with Crippen molar-refractivity contribution in [2.75, 3.05) is 50.2 Å². The van der Waals surface area contributed by atoms with Crippen molar-refractivity contribution < 1.29 is 27.8 Å². The molecule has 0 radical (unpaired) electrons. The molecule has 0 saturated carbocycles. The van der Waals surface area contributed by atoms with E-state index in [1.807, 2.05) is 13.8 Å². The van der Waals surface area contributed by atoms with Gasteiger partial charge in [0.25, 0.3) is 5.56 Å². The molecule has 1 aromatic carbocycles. The number of methoxy groups -OCH3 is 1. The molecule has 4 rings (SSSR count). The monoisotopic (exact) mass is 502 g/mol. The van der Waals surface area contributed by atoms with Gasteiger partial charge < -0.3 is 23.7 Å².